The molecule has 1 fully saturated rings. The molecule has 48 heteroatoms. The van der Waals surface area contributed by atoms with Gasteiger partial charge < -0.3 is 123 Å². The van der Waals surface area contributed by atoms with Crippen molar-refractivity contribution < 1.29 is 119 Å². The third-order valence-corrected chi connectivity index (χ3v) is 29.3. The zero-order valence-electron chi connectivity index (χ0n) is 58.5. The van der Waals surface area contributed by atoms with Crippen LogP contribution in [0.5, 0.6) is 0 Å². The highest BCUT2D eigenvalue weighted by Gasteiger charge is 2.40. The molecule has 0 radical (unpaired) electrons. The molecule has 12 amide bonds. The lowest BCUT2D eigenvalue weighted by atomic mass is 10.0. The Balaban J connectivity index is 2.04. The summed E-state index contributed by atoms with van der Waals surface area (Å²) in [5, 5.41) is 143. The molecule has 5 rings (SSSR count). The molecule has 616 valence electrons. The van der Waals surface area contributed by atoms with E-state index in [0.29, 0.717) is 0 Å². The molecule has 1 aliphatic heterocycles. The molecule has 0 aliphatic carbocycles. The number of hydrogen-bond acceptors (Lipinski definition) is 24. The second-order valence-corrected chi connectivity index (χ2v) is 37.2. The second kappa shape index (κ2) is 46.7. The highest BCUT2D eigenvalue weighted by atomic mass is 127. The molecule has 0 spiro atoms. The summed E-state index contributed by atoms with van der Waals surface area (Å²) in [7, 11) is 0. The van der Waals surface area contributed by atoms with Crippen LogP contribution in [0.25, 0.3) is 0 Å². The van der Waals surface area contributed by atoms with E-state index in [0.717, 1.165) is 47.3 Å². The summed E-state index contributed by atoms with van der Waals surface area (Å²) in [6, 6.07) is -5.08. The van der Waals surface area contributed by atoms with Gasteiger partial charge in [-0.05, 0) is 299 Å². The number of aliphatic hydroxyl groups is 12. The molecule has 0 saturated carbocycles. The quantitative estimate of drug-likeness (QED) is 0.0358. The van der Waals surface area contributed by atoms with E-state index in [2.05, 4.69) is 42.5 Å². The van der Waals surface area contributed by atoms with Gasteiger partial charge in [0.2, 0.25) is 0 Å². The summed E-state index contributed by atoms with van der Waals surface area (Å²) in [4.78, 5) is 182. The van der Waals surface area contributed by atoms with Crippen LogP contribution in [0, 0.1) is 42.8 Å². The lowest BCUT2D eigenvalue weighted by molar-refractivity contribution is -0.123. The molecular weight excluding hydrogens is 2840 g/mol. The van der Waals surface area contributed by atoms with Crippen molar-refractivity contribution in [2.75, 3.05) is 126 Å². The molecule has 4 atom stereocenters. The maximum Gasteiger partial charge on any atom is 0.256 e. The Hall–Kier alpha value is -1.20. The van der Waals surface area contributed by atoms with Crippen molar-refractivity contribution in [2.24, 2.45) is 0 Å². The fourth-order valence-electron chi connectivity index (χ4n) is 10.0. The van der Waals surface area contributed by atoms with E-state index in [4.69, 9.17) is 0 Å². The third kappa shape index (κ3) is 24.6. The van der Waals surface area contributed by atoms with E-state index < -0.39 is 225 Å². The molecule has 20 N–H and O–H groups in total. The standard InChI is InChI=1S/C64H72I12N12O24/c1-21(97)53(101)81-49-41(69)29(57(105)77-25(13-89)14-90)37(65)33(45(49)73)61(109)85-5-7-86(62(110)34-38(66)30(58(106)78-26(15-91)16-92)42(70)50(46(34)74)82-54(102)22(2)98)9-11-88(64(112)36-40(68)32(60(108)80-28(19-95)20-96)44(72)52(48(36)76)84-56(104)24(4)100)12-10-87(8-6-85)63(111)35-39(67)31(59(107)79-27(17-93)18-94)43(71)51(47(35)75)83-55(103)23(3)99/h21-28,89-100H,5-20H2,1-4H3,(H,77,105)(H,78,106)(H,79,107)(H,80,108)(H,81,101)(H,82,102)(H,83,103)(H,84,104)/t21-,22-,23-,24-/m0/s1. The van der Waals surface area contributed by atoms with Crippen molar-refractivity contribution in [1.29, 1.82) is 0 Å². The minimum Gasteiger partial charge on any atom is -0.394 e. The average molecular weight is 2920 g/mol. The van der Waals surface area contributed by atoms with E-state index in [-0.39, 0.29) is 110 Å². The number of nitrogens with one attached hydrogen (secondary N) is 8. The first-order chi connectivity index (χ1) is 52.5. The summed E-state index contributed by atoms with van der Waals surface area (Å²) >= 11 is 20.7. The van der Waals surface area contributed by atoms with Gasteiger partial charge in [-0.2, -0.15) is 0 Å². The molecule has 1 heterocycles. The van der Waals surface area contributed by atoms with Gasteiger partial charge in [0.25, 0.3) is 70.9 Å². The fourth-order valence-corrected chi connectivity index (χ4v) is 27.6. The highest BCUT2D eigenvalue weighted by Crippen LogP contribution is 2.42. The predicted molar refractivity (Wildman–Crippen MR) is 505 cm³/mol. The molecule has 0 aromatic heterocycles. The molecule has 1 aliphatic rings. The van der Waals surface area contributed by atoms with Gasteiger partial charge in [0, 0.05) is 66.6 Å². The van der Waals surface area contributed by atoms with E-state index in [9.17, 15) is 99.6 Å². The van der Waals surface area contributed by atoms with Gasteiger partial charge in [0.05, 0.1) is 173 Å². The van der Waals surface area contributed by atoms with Crippen LogP contribution in [0.3, 0.4) is 0 Å². The predicted octanol–water partition coefficient (Wildman–Crippen LogP) is 1.43. The zero-order chi connectivity index (χ0) is 84.7. The second-order valence-electron chi connectivity index (χ2n) is 24.2. The zero-order valence-corrected chi connectivity index (χ0v) is 84.4. The maximum atomic E-state index is 16.3. The average Bonchev–Trinajstić information content (AvgIpc) is 0.778. The van der Waals surface area contributed by atoms with Crippen molar-refractivity contribution in [3.05, 3.63) is 87.3 Å². The van der Waals surface area contributed by atoms with Crippen LogP contribution in [-0.4, -0.2) is 306 Å². The number of benzene rings is 4. The maximum absolute atomic E-state index is 16.3. The van der Waals surface area contributed by atoms with Gasteiger partial charge in [0.15, 0.2) is 0 Å². The van der Waals surface area contributed by atoms with Gasteiger partial charge in [-0.15, -0.1) is 0 Å². The Morgan fingerprint density at radius 3 is 0.518 bits per heavy atom. The molecule has 1 saturated heterocycles. The smallest absolute Gasteiger partial charge is 0.256 e. The van der Waals surface area contributed by atoms with Crippen molar-refractivity contribution in [3.63, 3.8) is 0 Å². The first-order valence-electron chi connectivity index (χ1n) is 32.6. The number of amides is 12. The summed E-state index contributed by atoms with van der Waals surface area (Å²) in [6.45, 7) is -6.51. The van der Waals surface area contributed by atoms with Crippen LogP contribution >= 0.6 is 271 Å². The van der Waals surface area contributed by atoms with Crippen LogP contribution in [0.4, 0.5) is 22.7 Å². The van der Waals surface area contributed by atoms with Crippen LogP contribution in [0.1, 0.15) is 111 Å². The number of aliphatic hydroxyl groups excluding tert-OH is 12. The monoisotopic (exact) mass is 2920 g/mol. The number of hydrogen-bond donors (Lipinski definition) is 20. The lowest BCUT2D eigenvalue weighted by Gasteiger charge is -2.36. The van der Waals surface area contributed by atoms with E-state index in [1.54, 1.807) is 271 Å². The molecule has 0 unspecified atom stereocenters. The Morgan fingerprint density at radius 1 is 0.259 bits per heavy atom. The molecule has 112 heavy (non-hydrogen) atoms. The summed E-state index contributed by atoms with van der Waals surface area (Å²) < 4.78 is -0.603. The number of nitrogens with zero attached hydrogens (tertiary/aromatic N) is 4. The summed E-state index contributed by atoms with van der Waals surface area (Å²) in [5.41, 5.74) is -3.17. The Labute approximate surface area is 802 Å². The molecular formula is C64H72I12N12O24. The molecule has 4 aromatic carbocycles. The van der Waals surface area contributed by atoms with E-state index in [1.165, 1.54) is 0 Å². The van der Waals surface area contributed by atoms with Crippen LogP contribution in [0.15, 0.2) is 0 Å². The first-order valence-corrected chi connectivity index (χ1v) is 45.5. The summed E-state index contributed by atoms with van der Waals surface area (Å²) in [5.74, 6) is -11.9. The fraction of sp³-hybridized carbons (Fsp3) is 0.438. The van der Waals surface area contributed by atoms with Crippen molar-refractivity contribution >= 4 is 365 Å². The topological polar surface area (TPSA) is 557 Å². The number of carbonyl (C=O) groups excluding carboxylic acids is 12. The van der Waals surface area contributed by atoms with Crippen LogP contribution in [-0.2, 0) is 19.2 Å². The van der Waals surface area contributed by atoms with Crippen LogP contribution < -0.4 is 42.5 Å². The van der Waals surface area contributed by atoms with Gasteiger partial charge in [0.1, 0.15) is 24.4 Å². The van der Waals surface area contributed by atoms with Crippen molar-refractivity contribution in [3.8, 4) is 0 Å². The van der Waals surface area contributed by atoms with Crippen LogP contribution in [0.2, 0.25) is 0 Å². The number of carbonyl (C=O) groups is 12. The molecule has 4 aromatic rings. The third-order valence-electron chi connectivity index (χ3n) is 16.4. The number of anilines is 4. The van der Waals surface area contributed by atoms with Gasteiger partial charge in [-0.25, -0.2) is 0 Å². The van der Waals surface area contributed by atoms with Crippen molar-refractivity contribution in [2.45, 2.75) is 76.3 Å². The van der Waals surface area contributed by atoms with E-state index in [1.807, 2.05) is 0 Å². The van der Waals surface area contributed by atoms with E-state index >= 15 is 19.2 Å². The SMILES string of the molecule is C[C@H](O)C(=O)Nc1c(I)c(C(=O)NC(CO)CO)c(I)c(C(=O)N2CCN(C(=O)c3c(I)c(NC(=O)[C@H](C)O)c(I)c(C(=O)NC(CO)CO)c3I)CCN(C(=O)c3c(I)c(NC(=O)[C@H](C)O)c(I)c(C(=O)NC(CO)CO)c3I)CCN(C(=O)c3c(I)c(NC(=O)[C@H](C)O)c(I)c(C(=O)NC(CO)CO)c3I)CC2)c1I. The van der Waals surface area contributed by atoms with Gasteiger partial charge in [-0.1, -0.05) is 0 Å². The molecule has 0 bridgehead atoms. The highest BCUT2D eigenvalue weighted by molar-refractivity contribution is 14.1. The van der Waals surface area contributed by atoms with Crippen molar-refractivity contribution in [1.82, 2.24) is 40.9 Å². The first kappa shape index (κ1) is 101. The molecule has 36 nitrogen and oxygen atoms in total. The summed E-state index contributed by atoms with van der Waals surface area (Å²) in [6.07, 6.45) is -6.73. The minimum atomic E-state index is -1.68. The normalized spacial score (nSPS) is 14.1. The largest absolute Gasteiger partial charge is 0.394 e. The Kier molecular flexibility index (Phi) is 42.3. The van der Waals surface area contributed by atoms with Gasteiger partial charge in [-0.3, -0.25) is 57.5 Å². The Morgan fingerprint density at radius 2 is 0.393 bits per heavy atom. The lowest BCUT2D eigenvalue weighted by Crippen LogP contribution is -2.51. The number of rotatable bonds is 28. The Bertz CT molecular complexity index is 3770. The van der Waals surface area contributed by atoms with Gasteiger partial charge >= 0.3 is 0 Å². The number of halogens is 12. The minimum absolute atomic E-state index is 0.00124.